The van der Waals surface area contributed by atoms with Gasteiger partial charge in [-0.2, -0.15) is 0 Å². The van der Waals surface area contributed by atoms with E-state index in [9.17, 15) is 4.39 Å². The minimum Gasteiger partial charge on any atom is -0.309 e. The van der Waals surface area contributed by atoms with Gasteiger partial charge in [0.15, 0.2) is 0 Å². The number of hydrogen-bond donors (Lipinski definition) is 1. The zero-order valence-electron chi connectivity index (χ0n) is 11.5. The molecule has 2 nitrogen and oxygen atoms in total. The molecule has 2 rings (SSSR count). The Morgan fingerprint density at radius 3 is 2.68 bits per heavy atom. The van der Waals surface area contributed by atoms with Crippen LogP contribution >= 0.6 is 15.9 Å². The Bertz CT molecular complexity index is 385. The Morgan fingerprint density at radius 1 is 1.26 bits per heavy atom. The molecule has 0 radical (unpaired) electrons. The summed E-state index contributed by atoms with van der Waals surface area (Å²) in [5, 5.41) is 3.47. The van der Waals surface area contributed by atoms with Crippen LogP contribution in [0, 0.1) is 5.82 Å². The highest BCUT2D eigenvalue weighted by Gasteiger charge is 2.13. The summed E-state index contributed by atoms with van der Waals surface area (Å²) < 4.78 is 14.1. The van der Waals surface area contributed by atoms with E-state index < -0.39 is 0 Å². The Hall–Kier alpha value is -0.450. The lowest BCUT2D eigenvalue weighted by Crippen LogP contribution is -2.41. The Kier molecular flexibility index (Phi) is 5.79. The maximum absolute atomic E-state index is 13.3. The van der Waals surface area contributed by atoms with E-state index in [0.29, 0.717) is 12.6 Å². The van der Waals surface area contributed by atoms with Crippen molar-refractivity contribution >= 4 is 15.9 Å². The van der Waals surface area contributed by atoms with E-state index in [1.54, 1.807) is 6.07 Å². The molecule has 0 spiro atoms. The van der Waals surface area contributed by atoms with E-state index >= 15 is 0 Å². The SMILES string of the molecule is CC(CN1CCCCC1)NCc1cc(F)cc(Br)c1. The summed E-state index contributed by atoms with van der Waals surface area (Å²) in [6, 6.07) is 5.47. The molecule has 1 saturated heterocycles. The van der Waals surface area contributed by atoms with Crippen molar-refractivity contribution in [2.24, 2.45) is 0 Å². The number of piperidine rings is 1. The Balaban J connectivity index is 1.77. The number of nitrogens with zero attached hydrogens (tertiary/aromatic N) is 1. The monoisotopic (exact) mass is 328 g/mol. The van der Waals surface area contributed by atoms with Crippen LogP contribution in [0.1, 0.15) is 31.7 Å². The summed E-state index contributed by atoms with van der Waals surface area (Å²) in [5.41, 5.74) is 0.984. The molecule has 0 bridgehead atoms. The zero-order chi connectivity index (χ0) is 13.7. The van der Waals surface area contributed by atoms with Crippen molar-refractivity contribution in [2.75, 3.05) is 19.6 Å². The highest BCUT2D eigenvalue weighted by Crippen LogP contribution is 2.15. The van der Waals surface area contributed by atoms with Gasteiger partial charge in [-0.25, -0.2) is 4.39 Å². The van der Waals surface area contributed by atoms with Crippen LogP contribution in [0.4, 0.5) is 4.39 Å². The average molecular weight is 329 g/mol. The molecule has 1 fully saturated rings. The zero-order valence-corrected chi connectivity index (χ0v) is 13.0. The average Bonchev–Trinajstić information content (AvgIpc) is 2.36. The first kappa shape index (κ1) is 14.9. The van der Waals surface area contributed by atoms with Crippen molar-refractivity contribution in [3.63, 3.8) is 0 Å². The molecule has 1 atom stereocenters. The molecule has 1 unspecified atom stereocenters. The number of hydrogen-bond acceptors (Lipinski definition) is 2. The van der Waals surface area contributed by atoms with Crippen molar-refractivity contribution in [1.82, 2.24) is 10.2 Å². The second-order valence-corrected chi connectivity index (χ2v) is 6.34. The smallest absolute Gasteiger partial charge is 0.124 e. The standard InChI is InChI=1S/C15H22BrFN2/c1-12(11-19-5-3-2-4-6-19)18-10-13-7-14(16)9-15(17)8-13/h7-9,12,18H,2-6,10-11H2,1H3. The summed E-state index contributed by atoms with van der Waals surface area (Å²) in [4.78, 5) is 2.52. The predicted octanol–water partition coefficient (Wildman–Crippen LogP) is 3.55. The molecular weight excluding hydrogens is 307 g/mol. The van der Waals surface area contributed by atoms with Gasteiger partial charge in [0.25, 0.3) is 0 Å². The molecule has 1 aromatic rings. The van der Waals surface area contributed by atoms with Crippen LogP contribution in [-0.4, -0.2) is 30.6 Å². The van der Waals surface area contributed by atoms with Crippen LogP contribution in [-0.2, 0) is 6.54 Å². The second-order valence-electron chi connectivity index (χ2n) is 5.42. The van der Waals surface area contributed by atoms with E-state index in [0.717, 1.165) is 16.6 Å². The lowest BCUT2D eigenvalue weighted by molar-refractivity contribution is 0.209. The molecule has 0 saturated carbocycles. The largest absolute Gasteiger partial charge is 0.309 e. The van der Waals surface area contributed by atoms with Crippen LogP contribution in [0.2, 0.25) is 0 Å². The maximum Gasteiger partial charge on any atom is 0.124 e. The molecule has 1 N–H and O–H groups in total. The normalized spacial score (nSPS) is 18.5. The Morgan fingerprint density at radius 2 is 2.00 bits per heavy atom. The molecule has 0 aromatic heterocycles. The highest BCUT2D eigenvalue weighted by molar-refractivity contribution is 9.10. The first-order chi connectivity index (χ1) is 9.13. The van der Waals surface area contributed by atoms with Gasteiger partial charge in [0, 0.05) is 23.6 Å². The third-order valence-electron chi connectivity index (χ3n) is 3.56. The van der Waals surface area contributed by atoms with E-state index in [4.69, 9.17) is 0 Å². The first-order valence-electron chi connectivity index (χ1n) is 7.04. The topological polar surface area (TPSA) is 15.3 Å². The molecule has 4 heteroatoms. The van der Waals surface area contributed by atoms with E-state index in [2.05, 4.69) is 33.1 Å². The molecule has 1 aliphatic rings. The minimum atomic E-state index is -0.185. The lowest BCUT2D eigenvalue weighted by atomic mass is 10.1. The van der Waals surface area contributed by atoms with Gasteiger partial charge >= 0.3 is 0 Å². The number of benzene rings is 1. The summed E-state index contributed by atoms with van der Waals surface area (Å²) in [6.07, 6.45) is 4.02. The van der Waals surface area contributed by atoms with Crippen LogP contribution < -0.4 is 5.32 Å². The van der Waals surface area contributed by atoms with E-state index in [1.165, 1.54) is 38.4 Å². The molecule has 106 valence electrons. The van der Waals surface area contributed by atoms with Crippen molar-refractivity contribution in [2.45, 2.75) is 38.8 Å². The third kappa shape index (κ3) is 5.21. The predicted molar refractivity (Wildman–Crippen MR) is 80.7 cm³/mol. The highest BCUT2D eigenvalue weighted by atomic mass is 79.9. The maximum atomic E-state index is 13.3. The third-order valence-corrected chi connectivity index (χ3v) is 4.02. The van der Waals surface area contributed by atoms with Gasteiger partial charge in [-0.1, -0.05) is 22.4 Å². The minimum absolute atomic E-state index is 0.185. The van der Waals surface area contributed by atoms with Gasteiger partial charge in [0.05, 0.1) is 0 Å². The molecule has 1 aliphatic heterocycles. The van der Waals surface area contributed by atoms with Crippen molar-refractivity contribution in [1.29, 1.82) is 0 Å². The van der Waals surface area contributed by atoms with Crippen LogP contribution in [0.15, 0.2) is 22.7 Å². The second kappa shape index (κ2) is 7.36. The van der Waals surface area contributed by atoms with E-state index in [1.807, 2.05) is 6.07 Å². The molecule has 1 heterocycles. The number of likely N-dealkylation sites (tertiary alicyclic amines) is 1. The molecular formula is C15H22BrFN2. The van der Waals surface area contributed by atoms with Gasteiger partial charge in [0.2, 0.25) is 0 Å². The molecule has 1 aromatic carbocycles. The van der Waals surface area contributed by atoms with Crippen LogP contribution in [0.25, 0.3) is 0 Å². The number of halogens is 2. The van der Waals surface area contributed by atoms with Gasteiger partial charge in [-0.05, 0) is 56.6 Å². The van der Waals surface area contributed by atoms with Gasteiger partial charge < -0.3 is 10.2 Å². The fourth-order valence-electron chi connectivity index (χ4n) is 2.60. The molecule has 19 heavy (non-hydrogen) atoms. The quantitative estimate of drug-likeness (QED) is 0.889. The van der Waals surface area contributed by atoms with Crippen molar-refractivity contribution in [3.05, 3.63) is 34.1 Å². The lowest BCUT2D eigenvalue weighted by Gasteiger charge is -2.29. The van der Waals surface area contributed by atoms with Gasteiger partial charge in [-0.3, -0.25) is 0 Å². The Labute approximate surface area is 123 Å². The van der Waals surface area contributed by atoms with Gasteiger partial charge in [0.1, 0.15) is 5.82 Å². The summed E-state index contributed by atoms with van der Waals surface area (Å²) in [7, 11) is 0. The fraction of sp³-hybridized carbons (Fsp3) is 0.600. The van der Waals surface area contributed by atoms with Crippen molar-refractivity contribution in [3.8, 4) is 0 Å². The number of rotatable bonds is 5. The summed E-state index contributed by atoms with van der Waals surface area (Å²) in [5.74, 6) is -0.185. The molecule has 0 amide bonds. The summed E-state index contributed by atoms with van der Waals surface area (Å²) >= 11 is 3.32. The van der Waals surface area contributed by atoms with E-state index in [-0.39, 0.29) is 5.82 Å². The van der Waals surface area contributed by atoms with Crippen molar-refractivity contribution < 1.29 is 4.39 Å². The summed E-state index contributed by atoms with van der Waals surface area (Å²) in [6.45, 7) is 6.43. The fourth-order valence-corrected chi connectivity index (χ4v) is 3.11. The van der Waals surface area contributed by atoms with Crippen LogP contribution in [0.3, 0.4) is 0 Å². The van der Waals surface area contributed by atoms with Gasteiger partial charge in [-0.15, -0.1) is 0 Å². The van der Waals surface area contributed by atoms with Crippen LogP contribution in [0.5, 0.6) is 0 Å². The first-order valence-corrected chi connectivity index (χ1v) is 7.83. The molecule has 0 aliphatic carbocycles. The number of nitrogens with one attached hydrogen (secondary N) is 1.